The fourth-order valence-corrected chi connectivity index (χ4v) is 4.96. The van der Waals surface area contributed by atoms with E-state index in [0.29, 0.717) is 5.02 Å². The van der Waals surface area contributed by atoms with Gasteiger partial charge in [0.1, 0.15) is 5.75 Å². The number of anilines is 1. The van der Waals surface area contributed by atoms with Crippen molar-refractivity contribution in [1.82, 2.24) is 0 Å². The van der Waals surface area contributed by atoms with E-state index in [9.17, 15) is 0 Å². The molecule has 2 aliphatic rings. The van der Waals surface area contributed by atoms with Crippen LogP contribution in [0.5, 0.6) is 5.75 Å². The van der Waals surface area contributed by atoms with Crippen molar-refractivity contribution in [2.45, 2.75) is 32.4 Å². The predicted molar refractivity (Wildman–Crippen MR) is 125 cm³/mol. The van der Waals surface area contributed by atoms with Crippen LogP contribution in [0.1, 0.15) is 43.6 Å². The maximum atomic E-state index is 6.58. The molecule has 1 atom stereocenters. The lowest BCUT2D eigenvalue weighted by molar-refractivity contribution is 0.243. The highest BCUT2D eigenvalue weighted by molar-refractivity contribution is 9.10. The van der Waals surface area contributed by atoms with Gasteiger partial charge >= 0.3 is 0 Å². The second kappa shape index (κ2) is 6.65. The summed E-state index contributed by atoms with van der Waals surface area (Å²) < 4.78 is 7.63. The molecule has 0 saturated heterocycles. The summed E-state index contributed by atoms with van der Waals surface area (Å²) in [7, 11) is 0. The van der Waals surface area contributed by atoms with Gasteiger partial charge in [0.05, 0.1) is 5.54 Å². The van der Waals surface area contributed by atoms with Crippen molar-refractivity contribution in [2.24, 2.45) is 0 Å². The molecule has 2 nitrogen and oxygen atoms in total. The maximum absolute atomic E-state index is 6.58. The molecule has 0 aromatic heterocycles. The Morgan fingerprint density at radius 3 is 2.52 bits per heavy atom. The van der Waals surface area contributed by atoms with Crippen LogP contribution in [0.4, 0.5) is 5.69 Å². The molecule has 0 fully saturated rings. The van der Waals surface area contributed by atoms with Crippen molar-refractivity contribution < 1.29 is 4.74 Å². The van der Waals surface area contributed by atoms with Crippen LogP contribution in [0.2, 0.25) is 5.02 Å². The highest BCUT2D eigenvalue weighted by Gasteiger charge is 2.34. The lowest BCUT2D eigenvalue weighted by atomic mass is 9.80. The first-order valence-corrected chi connectivity index (χ1v) is 10.9. The summed E-state index contributed by atoms with van der Waals surface area (Å²) in [5.41, 5.74) is 8.07. The van der Waals surface area contributed by atoms with Gasteiger partial charge in [-0.2, -0.15) is 0 Å². The molecule has 0 unspecified atom stereocenters. The van der Waals surface area contributed by atoms with Crippen LogP contribution in [0.3, 0.4) is 0 Å². The molecule has 0 saturated carbocycles. The van der Waals surface area contributed by atoms with E-state index in [0.717, 1.165) is 27.0 Å². The Labute approximate surface area is 184 Å². The summed E-state index contributed by atoms with van der Waals surface area (Å²) in [6, 6.07) is 18.6. The Morgan fingerprint density at radius 1 is 1.00 bits per heavy atom. The van der Waals surface area contributed by atoms with E-state index in [1.54, 1.807) is 0 Å². The van der Waals surface area contributed by atoms with E-state index in [1.807, 2.05) is 18.2 Å². The zero-order valence-corrected chi connectivity index (χ0v) is 18.9. The molecule has 5 rings (SSSR count). The number of ether oxygens (including phenoxy) is 1. The van der Waals surface area contributed by atoms with E-state index in [1.165, 1.54) is 22.3 Å². The van der Waals surface area contributed by atoms with Gasteiger partial charge in [-0.1, -0.05) is 51.8 Å². The third-order valence-corrected chi connectivity index (χ3v) is 6.35. The highest BCUT2D eigenvalue weighted by Crippen LogP contribution is 2.51. The lowest BCUT2D eigenvalue weighted by Gasteiger charge is -2.37. The van der Waals surface area contributed by atoms with Crippen molar-refractivity contribution in [3.63, 3.8) is 0 Å². The number of benzene rings is 3. The molecular weight excluding hydrogens is 446 g/mol. The highest BCUT2D eigenvalue weighted by atomic mass is 79.9. The Morgan fingerprint density at radius 2 is 1.76 bits per heavy atom. The Balaban J connectivity index is 1.81. The Bertz CT molecular complexity index is 1160. The first-order valence-electron chi connectivity index (χ1n) is 9.69. The van der Waals surface area contributed by atoms with Crippen molar-refractivity contribution in [3.05, 3.63) is 86.9 Å². The number of hydrogen-bond donors (Lipinski definition) is 1. The zero-order valence-electron chi connectivity index (χ0n) is 16.5. The summed E-state index contributed by atoms with van der Waals surface area (Å²) in [4.78, 5) is 0. The van der Waals surface area contributed by atoms with Gasteiger partial charge in [0.15, 0.2) is 6.10 Å². The van der Waals surface area contributed by atoms with Crippen molar-refractivity contribution in [3.8, 4) is 16.9 Å². The molecule has 146 valence electrons. The third-order valence-electron chi connectivity index (χ3n) is 5.59. The summed E-state index contributed by atoms with van der Waals surface area (Å²) >= 11 is 9.88. The average Bonchev–Trinajstić information content (AvgIpc) is 2.66. The fraction of sp³-hybridized carbons (Fsp3) is 0.200. The molecule has 0 spiro atoms. The molecule has 0 aliphatic carbocycles. The number of fused-ring (bicyclic) bond motifs is 5. The van der Waals surface area contributed by atoms with Gasteiger partial charge in [-0.15, -0.1) is 0 Å². The molecule has 2 aliphatic heterocycles. The van der Waals surface area contributed by atoms with Crippen LogP contribution < -0.4 is 10.1 Å². The largest absolute Gasteiger partial charge is 0.480 e. The molecule has 2 heterocycles. The van der Waals surface area contributed by atoms with Gasteiger partial charge in [0.2, 0.25) is 0 Å². The second-order valence-corrected chi connectivity index (χ2v) is 9.67. The minimum atomic E-state index is -0.187. The standard InChI is InChI=1S/C25H21BrClNO/c1-14-13-25(2,3)28-20-10-9-18-19-12-17(27)8-11-21(19)29-24(23(18)22(14)20)15-4-6-16(26)7-5-15/h4-13,24,28H,1-3H3/t24-/m0/s1. The molecule has 29 heavy (non-hydrogen) atoms. The molecule has 3 aromatic rings. The number of hydrogen-bond acceptors (Lipinski definition) is 2. The molecule has 1 N–H and O–H groups in total. The van der Waals surface area contributed by atoms with E-state index in [2.05, 4.69) is 84.5 Å². The average molecular weight is 467 g/mol. The monoisotopic (exact) mass is 465 g/mol. The Kier molecular flexibility index (Phi) is 4.30. The molecular formula is C25H21BrClNO. The van der Waals surface area contributed by atoms with Crippen LogP contribution in [0.15, 0.2) is 65.1 Å². The summed E-state index contributed by atoms with van der Waals surface area (Å²) in [6.45, 7) is 6.57. The second-order valence-electron chi connectivity index (χ2n) is 8.31. The van der Waals surface area contributed by atoms with E-state index >= 15 is 0 Å². The van der Waals surface area contributed by atoms with Gasteiger partial charge in [-0.05, 0) is 73.9 Å². The van der Waals surface area contributed by atoms with E-state index < -0.39 is 0 Å². The normalized spacial score (nSPS) is 18.5. The number of halogens is 2. The van der Waals surface area contributed by atoms with Crippen molar-refractivity contribution >= 4 is 38.8 Å². The minimum absolute atomic E-state index is 0.0881. The fourth-order valence-electron chi connectivity index (χ4n) is 4.53. The molecule has 0 radical (unpaired) electrons. The van der Waals surface area contributed by atoms with Crippen molar-refractivity contribution in [1.29, 1.82) is 0 Å². The number of rotatable bonds is 1. The zero-order chi connectivity index (χ0) is 20.3. The van der Waals surface area contributed by atoms with Crippen LogP contribution in [0, 0.1) is 0 Å². The topological polar surface area (TPSA) is 21.3 Å². The molecule has 4 heteroatoms. The smallest absolute Gasteiger partial charge is 0.150 e. The summed E-state index contributed by atoms with van der Waals surface area (Å²) in [5, 5.41) is 4.38. The van der Waals surface area contributed by atoms with Gasteiger partial charge < -0.3 is 10.1 Å². The SMILES string of the molecule is CC1=CC(C)(C)Nc2ccc3c(c21)[C@H](c1ccc(Br)cc1)Oc1ccc(Cl)cc1-3. The maximum Gasteiger partial charge on any atom is 0.150 e. The quantitative estimate of drug-likeness (QED) is 0.394. The van der Waals surface area contributed by atoms with Crippen LogP contribution in [-0.2, 0) is 0 Å². The molecule has 0 amide bonds. The van der Waals surface area contributed by atoms with Gasteiger partial charge in [-0.3, -0.25) is 0 Å². The first kappa shape index (κ1) is 18.8. The van der Waals surface area contributed by atoms with E-state index in [4.69, 9.17) is 16.3 Å². The van der Waals surface area contributed by atoms with Crippen LogP contribution >= 0.6 is 27.5 Å². The van der Waals surface area contributed by atoms with Gasteiger partial charge in [0, 0.05) is 31.9 Å². The van der Waals surface area contributed by atoms with Crippen LogP contribution in [0.25, 0.3) is 16.7 Å². The molecule has 0 bridgehead atoms. The van der Waals surface area contributed by atoms with Gasteiger partial charge in [0.25, 0.3) is 0 Å². The number of allylic oxidation sites excluding steroid dienone is 1. The van der Waals surface area contributed by atoms with Crippen LogP contribution in [-0.4, -0.2) is 5.54 Å². The Hall–Kier alpha value is -2.23. The minimum Gasteiger partial charge on any atom is -0.480 e. The van der Waals surface area contributed by atoms with Gasteiger partial charge in [-0.25, -0.2) is 0 Å². The number of nitrogens with one attached hydrogen (secondary N) is 1. The van der Waals surface area contributed by atoms with E-state index in [-0.39, 0.29) is 11.6 Å². The summed E-state index contributed by atoms with van der Waals surface area (Å²) in [5.74, 6) is 0.862. The predicted octanol–water partition coefficient (Wildman–Crippen LogP) is 7.86. The first-order chi connectivity index (χ1) is 13.8. The summed E-state index contributed by atoms with van der Waals surface area (Å²) in [6.07, 6.45) is 2.11. The lowest BCUT2D eigenvalue weighted by Crippen LogP contribution is -2.32. The molecule has 3 aromatic carbocycles. The van der Waals surface area contributed by atoms with Crippen molar-refractivity contribution in [2.75, 3.05) is 5.32 Å². The third kappa shape index (κ3) is 3.17.